The van der Waals surface area contributed by atoms with E-state index in [-0.39, 0.29) is 24.9 Å². The number of aliphatic carboxylic acids is 1. The van der Waals surface area contributed by atoms with E-state index in [0.717, 1.165) is 12.8 Å². The highest BCUT2D eigenvalue weighted by Crippen LogP contribution is 2.29. The Morgan fingerprint density at radius 2 is 1.83 bits per heavy atom. The monoisotopic (exact) mass is 257 g/mol. The fourth-order valence-corrected chi connectivity index (χ4v) is 2.35. The number of hydrogen-bond donors (Lipinski definition) is 2. The number of carboxylic acids is 1. The first-order valence-electron chi connectivity index (χ1n) is 6.33. The lowest BCUT2D eigenvalue weighted by Crippen LogP contribution is -2.40. The normalized spacial score (nSPS) is 23.3. The van der Waals surface area contributed by atoms with Crippen LogP contribution in [-0.2, 0) is 9.59 Å². The second-order valence-corrected chi connectivity index (χ2v) is 6.18. The van der Waals surface area contributed by atoms with Gasteiger partial charge in [-0.15, -0.1) is 0 Å². The molecule has 0 unspecified atom stereocenters. The van der Waals surface area contributed by atoms with Gasteiger partial charge < -0.3 is 15.1 Å². The number of rotatable bonds is 6. The smallest absolute Gasteiger partial charge is 0.303 e. The number of aliphatic hydroxyl groups is 1. The summed E-state index contributed by atoms with van der Waals surface area (Å²) in [6.45, 7) is 4.24. The Kier molecular flexibility index (Phi) is 4.73. The second-order valence-electron chi connectivity index (χ2n) is 6.18. The average Bonchev–Trinajstić information content (AvgIpc) is 2.11. The first-order valence-corrected chi connectivity index (χ1v) is 6.33. The van der Waals surface area contributed by atoms with Gasteiger partial charge in [-0.25, -0.2) is 0 Å². The van der Waals surface area contributed by atoms with E-state index < -0.39 is 11.4 Å². The Labute approximate surface area is 108 Å². The topological polar surface area (TPSA) is 77.8 Å². The molecule has 1 aliphatic rings. The van der Waals surface area contributed by atoms with Crippen molar-refractivity contribution in [3.63, 3.8) is 0 Å². The lowest BCUT2D eigenvalue weighted by molar-refractivity contribution is -0.140. The Morgan fingerprint density at radius 3 is 2.28 bits per heavy atom. The number of carbonyl (C=O) groups is 2. The molecule has 0 aromatic carbocycles. The van der Waals surface area contributed by atoms with Gasteiger partial charge >= 0.3 is 5.97 Å². The Morgan fingerprint density at radius 1 is 1.28 bits per heavy atom. The van der Waals surface area contributed by atoms with E-state index in [1.54, 1.807) is 25.8 Å². The fourth-order valence-electron chi connectivity index (χ4n) is 2.35. The second kappa shape index (κ2) is 5.69. The highest BCUT2D eigenvalue weighted by Gasteiger charge is 2.31. The van der Waals surface area contributed by atoms with Gasteiger partial charge in [-0.2, -0.15) is 0 Å². The predicted molar refractivity (Wildman–Crippen MR) is 67.0 cm³/mol. The quantitative estimate of drug-likeness (QED) is 0.747. The van der Waals surface area contributed by atoms with Crippen LogP contribution in [0.2, 0.25) is 0 Å². The van der Waals surface area contributed by atoms with Crippen molar-refractivity contribution in [3.05, 3.63) is 0 Å². The van der Waals surface area contributed by atoms with Gasteiger partial charge in [-0.3, -0.25) is 9.59 Å². The Hall–Kier alpha value is -1.10. The molecule has 0 atom stereocenters. The van der Waals surface area contributed by atoms with Crippen molar-refractivity contribution in [1.82, 2.24) is 4.90 Å². The van der Waals surface area contributed by atoms with Crippen molar-refractivity contribution in [3.8, 4) is 0 Å². The predicted octanol–water partition coefficient (Wildman–Crippen LogP) is 1.11. The largest absolute Gasteiger partial charge is 0.481 e. The molecule has 1 fully saturated rings. The van der Waals surface area contributed by atoms with Crippen molar-refractivity contribution in [2.75, 3.05) is 13.6 Å². The molecule has 18 heavy (non-hydrogen) atoms. The Bertz CT molecular complexity index is 321. The molecule has 0 radical (unpaired) electrons. The number of carbonyl (C=O) groups excluding carboxylic acids is 1. The van der Waals surface area contributed by atoms with E-state index in [1.165, 1.54) is 0 Å². The lowest BCUT2D eigenvalue weighted by atomic mass is 9.81. The molecule has 5 heteroatoms. The summed E-state index contributed by atoms with van der Waals surface area (Å²) in [5, 5.41) is 18.0. The zero-order valence-electron chi connectivity index (χ0n) is 11.3. The van der Waals surface area contributed by atoms with Crippen LogP contribution in [0, 0.1) is 11.3 Å². The fraction of sp³-hybridized carbons (Fsp3) is 0.846. The molecule has 1 saturated carbocycles. The molecule has 0 spiro atoms. The SMILES string of the molecule is CN(CC1CC(O)C1)C(=O)CC(C)(C)CC(=O)O. The van der Waals surface area contributed by atoms with Gasteiger partial charge in [0, 0.05) is 20.0 Å². The van der Waals surface area contributed by atoms with Gasteiger partial charge in [0.05, 0.1) is 12.5 Å². The van der Waals surface area contributed by atoms with E-state index >= 15 is 0 Å². The molecule has 2 N–H and O–H groups in total. The summed E-state index contributed by atoms with van der Waals surface area (Å²) in [4.78, 5) is 24.3. The maximum atomic E-state index is 12.0. The first-order chi connectivity index (χ1) is 8.19. The van der Waals surface area contributed by atoms with E-state index in [4.69, 9.17) is 5.11 Å². The molecule has 0 bridgehead atoms. The van der Waals surface area contributed by atoms with Crippen LogP contribution >= 0.6 is 0 Å². The highest BCUT2D eigenvalue weighted by atomic mass is 16.4. The minimum absolute atomic E-state index is 0.00524. The zero-order chi connectivity index (χ0) is 13.9. The molecule has 0 aromatic heterocycles. The maximum absolute atomic E-state index is 12.0. The number of hydrogen-bond acceptors (Lipinski definition) is 3. The standard InChI is InChI=1S/C13H23NO4/c1-13(2,7-12(17)18)6-11(16)14(3)8-9-4-10(15)5-9/h9-10,15H,4-8H2,1-3H3,(H,17,18). The molecule has 1 rings (SSSR count). The number of carboxylic acid groups (broad SMARTS) is 1. The molecule has 104 valence electrons. The molecule has 0 aliphatic heterocycles. The summed E-state index contributed by atoms with van der Waals surface area (Å²) in [6, 6.07) is 0. The Balaban J connectivity index is 2.36. The van der Waals surface area contributed by atoms with Crippen molar-refractivity contribution in [2.24, 2.45) is 11.3 Å². The molecule has 0 heterocycles. The first kappa shape index (κ1) is 15.0. The molecule has 0 aromatic rings. The van der Waals surface area contributed by atoms with Gasteiger partial charge in [0.2, 0.25) is 5.91 Å². The molecule has 1 amide bonds. The van der Waals surface area contributed by atoms with Gasteiger partial charge in [0.15, 0.2) is 0 Å². The number of aliphatic hydroxyl groups excluding tert-OH is 1. The van der Waals surface area contributed by atoms with Gasteiger partial charge in [0.25, 0.3) is 0 Å². The van der Waals surface area contributed by atoms with Gasteiger partial charge in [-0.1, -0.05) is 13.8 Å². The summed E-state index contributed by atoms with van der Waals surface area (Å²) >= 11 is 0. The van der Waals surface area contributed by atoms with Crippen molar-refractivity contribution in [1.29, 1.82) is 0 Å². The van der Waals surface area contributed by atoms with Crippen molar-refractivity contribution in [2.45, 2.75) is 45.6 Å². The number of amides is 1. The highest BCUT2D eigenvalue weighted by molar-refractivity contribution is 5.77. The summed E-state index contributed by atoms with van der Waals surface area (Å²) in [5.74, 6) is -0.517. The minimum atomic E-state index is -0.877. The van der Waals surface area contributed by atoms with Crippen LogP contribution < -0.4 is 0 Å². The number of nitrogens with zero attached hydrogens (tertiary/aromatic N) is 1. The van der Waals surface area contributed by atoms with E-state index in [9.17, 15) is 14.7 Å². The van der Waals surface area contributed by atoms with Crippen LogP contribution in [0.5, 0.6) is 0 Å². The van der Waals surface area contributed by atoms with E-state index in [1.807, 2.05) is 0 Å². The minimum Gasteiger partial charge on any atom is -0.481 e. The average molecular weight is 257 g/mol. The van der Waals surface area contributed by atoms with E-state index in [0.29, 0.717) is 12.5 Å². The summed E-state index contributed by atoms with van der Waals surface area (Å²) in [6.07, 6.45) is 1.55. The maximum Gasteiger partial charge on any atom is 0.303 e. The van der Waals surface area contributed by atoms with Crippen molar-refractivity contribution < 1.29 is 19.8 Å². The van der Waals surface area contributed by atoms with Crippen molar-refractivity contribution >= 4 is 11.9 Å². The third-order valence-electron chi connectivity index (χ3n) is 3.43. The van der Waals surface area contributed by atoms with Crippen LogP contribution in [0.15, 0.2) is 0 Å². The molecular formula is C13H23NO4. The van der Waals surface area contributed by atoms with Gasteiger partial charge in [0.1, 0.15) is 0 Å². The van der Waals surface area contributed by atoms with E-state index in [2.05, 4.69) is 0 Å². The summed E-state index contributed by atoms with van der Waals surface area (Å²) in [7, 11) is 1.74. The molecular weight excluding hydrogens is 234 g/mol. The summed E-state index contributed by atoms with van der Waals surface area (Å²) < 4.78 is 0. The van der Waals surface area contributed by atoms with Crippen LogP contribution in [-0.4, -0.2) is 46.7 Å². The van der Waals surface area contributed by atoms with Crippen LogP contribution in [0.25, 0.3) is 0 Å². The molecule has 5 nitrogen and oxygen atoms in total. The summed E-state index contributed by atoms with van der Waals surface area (Å²) in [5.41, 5.74) is -0.518. The third kappa shape index (κ3) is 4.64. The van der Waals surface area contributed by atoms with Crippen LogP contribution in [0.3, 0.4) is 0 Å². The van der Waals surface area contributed by atoms with Gasteiger partial charge in [-0.05, 0) is 24.2 Å². The molecule has 1 aliphatic carbocycles. The van der Waals surface area contributed by atoms with Crippen LogP contribution in [0.1, 0.15) is 39.5 Å². The lowest BCUT2D eigenvalue weighted by Gasteiger charge is -2.35. The third-order valence-corrected chi connectivity index (χ3v) is 3.43. The zero-order valence-corrected chi connectivity index (χ0v) is 11.3. The van der Waals surface area contributed by atoms with Crippen LogP contribution in [0.4, 0.5) is 0 Å². The molecule has 0 saturated heterocycles.